The van der Waals surface area contributed by atoms with Crippen molar-refractivity contribution < 1.29 is 19.4 Å². The first-order chi connectivity index (χ1) is 10.9. The van der Waals surface area contributed by atoms with Gasteiger partial charge < -0.3 is 29.9 Å². The van der Waals surface area contributed by atoms with Gasteiger partial charge in [-0.2, -0.15) is 0 Å². The second-order valence-corrected chi connectivity index (χ2v) is 5.68. The van der Waals surface area contributed by atoms with Crippen LogP contribution in [0.15, 0.2) is 11.5 Å². The highest BCUT2D eigenvalue weighted by Crippen LogP contribution is 2.24. The summed E-state index contributed by atoms with van der Waals surface area (Å²) in [5, 5.41) is 12.0. The molecule has 1 unspecified atom stereocenters. The summed E-state index contributed by atoms with van der Waals surface area (Å²) < 4.78 is 5.80. The van der Waals surface area contributed by atoms with Gasteiger partial charge in [0.05, 0.1) is 6.10 Å². The van der Waals surface area contributed by atoms with E-state index in [9.17, 15) is 9.59 Å². The zero-order chi connectivity index (χ0) is 17.6. The molecule has 1 heterocycles. The molecule has 0 aromatic carbocycles. The largest absolute Gasteiger partial charge is 0.396 e. The van der Waals surface area contributed by atoms with Gasteiger partial charge >= 0.3 is 0 Å². The molecule has 0 radical (unpaired) electrons. The highest BCUT2D eigenvalue weighted by molar-refractivity contribution is 5.94. The Labute approximate surface area is 137 Å². The number of aliphatic hydroxyl groups excluding tert-OH is 1. The van der Waals surface area contributed by atoms with Crippen LogP contribution >= 0.6 is 0 Å². The average molecular weight is 328 g/mol. The first-order valence-electron chi connectivity index (χ1n) is 7.84. The fraction of sp³-hybridized carbons (Fsp3) is 0.733. The van der Waals surface area contributed by atoms with E-state index in [0.29, 0.717) is 37.4 Å². The van der Waals surface area contributed by atoms with Gasteiger partial charge in [-0.3, -0.25) is 9.59 Å². The fourth-order valence-electron chi connectivity index (χ4n) is 2.34. The number of nitrogens with zero attached hydrogens (tertiary/aromatic N) is 3. The van der Waals surface area contributed by atoms with Gasteiger partial charge in [-0.1, -0.05) is 0 Å². The van der Waals surface area contributed by atoms with E-state index < -0.39 is 6.35 Å². The van der Waals surface area contributed by atoms with E-state index in [1.807, 2.05) is 20.8 Å². The topological polar surface area (TPSA) is 85.4 Å². The van der Waals surface area contributed by atoms with Crippen molar-refractivity contribution in [1.82, 2.24) is 20.0 Å². The number of aliphatic hydroxyl groups is 1. The maximum absolute atomic E-state index is 12.8. The van der Waals surface area contributed by atoms with Gasteiger partial charge in [-0.05, 0) is 27.2 Å². The zero-order valence-electron chi connectivity index (χ0n) is 14.6. The Morgan fingerprint density at radius 3 is 2.61 bits per heavy atom. The summed E-state index contributed by atoms with van der Waals surface area (Å²) in [4.78, 5) is 28.6. The van der Waals surface area contributed by atoms with Crippen molar-refractivity contribution in [3.05, 3.63) is 11.5 Å². The molecule has 8 heteroatoms. The minimum atomic E-state index is -0.498. The Bertz CT molecular complexity index is 453. The van der Waals surface area contributed by atoms with Crippen LogP contribution in [0.4, 0.5) is 0 Å². The summed E-state index contributed by atoms with van der Waals surface area (Å²) in [7, 11) is 3.26. The number of carbonyl (C=O) groups is 2. The van der Waals surface area contributed by atoms with Crippen LogP contribution in [0.25, 0.3) is 0 Å². The smallest absolute Gasteiger partial charge is 0.273 e. The van der Waals surface area contributed by atoms with Crippen molar-refractivity contribution in [2.75, 3.05) is 33.8 Å². The molecule has 0 aliphatic carbocycles. The molecule has 0 aromatic heterocycles. The summed E-state index contributed by atoms with van der Waals surface area (Å²) in [6.45, 7) is 6.74. The van der Waals surface area contributed by atoms with E-state index in [2.05, 4.69) is 5.32 Å². The summed E-state index contributed by atoms with van der Waals surface area (Å²) in [6, 6.07) is 0. The Hall–Kier alpha value is -1.80. The normalized spacial score (nSPS) is 17.5. The quantitative estimate of drug-likeness (QED) is 0.566. The third-order valence-corrected chi connectivity index (χ3v) is 3.51. The molecular formula is C15H28N4O4. The molecule has 2 N–H and O–H groups in total. The maximum Gasteiger partial charge on any atom is 0.273 e. The Kier molecular flexibility index (Phi) is 7.31. The molecule has 0 fully saturated rings. The lowest BCUT2D eigenvalue weighted by Crippen LogP contribution is -2.44. The molecule has 1 rings (SSSR count). The second kappa shape index (κ2) is 8.73. The SMILES string of the molecule is CCN1C(C(=O)N(C)CCCO)=C(N(C)C=O)NC1OC(C)C. The highest BCUT2D eigenvalue weighted by atomic mass is 16.5. The molecular weight excluding hydrogens is 300 g/mol. The molecule has 0 aromatic rings. The van der Waals surface area contributed by atoms with E-state index in [0.717, 1.165) is 0 Å². The van der Waals surface area contributed by atoms with E-state index in [4.69, 9.17) is 9.84 Å². The highest BCUT2D eigenvalue weighted by Gasteiger charge is 2.38. The number of likely N-dealkylation sites (N-methyl/N-ethyl adjacent to an activating group) is 2. The monoisotopic (exact) mass is 328 g/mol. The molecule has 8 nitrogen and oxygen atoms in total. The molecule has 23 heavy (non-hydrogen) atoms. The van der Waals surface area contributed by atoms with Crippen molar-refractivity contribution in [2.45, 2.75) is 39.6 Å². The van der Waals surface area contributed by atoms with E-state index in [-0.39, 0.29) is 18.6 Å². The van der Waals surface area contributed by atoms with Crippen LogP contribution in [0.2, 0.25) is 0 Å². The maximum atomic E-state index is 12.8. The lowest BCUT2D eigenvalue weighted by molar-refractivity contribution is -0.130. The molecule has 1 aliphatic rings. The number of rotatable bonds is 9. The van der Waals surface area contributed by atoms with Gasteiger partial charge in [0.25, 0.3) is 5.91 Å². The molecule has 2 amide bonds. The van der Waals surface area contributed by atoms with Crippen LogP contribution < -0.4 is 5.32 Å². The number of amides is 2. The number of hydrogen-bond acceptors (Lipinski definition) is 6. The first kappa shape index (κ1) is 19.2. The molecule has 132 valence electrons. The first-order valence-corrected chi connectivity index (χ1v) is 7.84. The van der Waals surface area contributed by atoms with Gasteiger partial charge in [0.2, 0.25) is 12.8 Å². The van der Waals surface area contributed by atoms with E-state index in [1.165, 1.54) is 9.80 Å². The van der Waals surface area contributed by atoms with Crippen LogP contribution in [0.5, 0.6) is 0 Å². The van der Waals surface area contributed by atoms with Crippen LogP contribution in [0.1, 0.15) is 27.2 Å². The summed E-state index contributed by atoms with van der Waals surface area (Å²) in [5.41, 5.74) is 0.396. The van der Waals surface area contributed by atoms with Crippen LogP contribution in [-0.4, -0.2) is 78.4 Å². The van der Waals surface area contributed by atoms with Crippen molar-refractivity contribution in [2.24, 2.45) is 0 Å². The Morgan fingerprint density at radius 1 is 1.48 bits per heavy atom. The van der Waals surface area contributed by atoms with Crippen LogP contribution in [0, 0.1) is 0 Å². The minimum Gasteiger partial charge on any atom is -0.396 e. The molecule has 0 bridgehead atoms. The number of ether oxygens (including phenoxy) is 1. The Morgan fingerprint density at radius 2 is 2.13 bits per heavy atom. The average Bonchev–Trinajstić information content (AvgIpc) is 2.88. The lowest BCUT2D eigenvalue weighted by atomic mass is 10.3. The van der Waals surface area contributed by atoms with Crippen molar-refractivity contribution >= 4 is 12.3 Å². The van der Waals surface area contributed by atoms with Gasteiger partial charge in [0, 0.05) is 33.8 Å². The summed E-state index contributed by atoms with van der Waals surface area (Å²) in [6.07, 6.45) is 0.614. The third kappa shape index (κ3) is 4.59. The van der Waals surface area contributed by atoms with Crippen molar-refractivity contribution in [3.8, 4) is 0 Å². The zero-order valence-corrected chi connectivity index (χ0v) is 14.6. The van der Waals surface area contributed by atoms with E-state index >= 15 is 0 Å². The predicted octanol–water partition coefficient (Wildman–Crippen LogP) is -0.282. The van der Waals surface area contributed by atoms with Gasteiger partial charge in [-0.25, -0.2) is 0 Å². The molecule has 1 aliphatic heterocycles. The van der Waals surface area contributed by atoms with Crippen LogP contribution in [-0.2, 0) is 14.3 Å². The summed E-state index contributed by atoms with van der Waals surface area (Å²) >= 11 is 0. The van der Waals surface area contributed by atoms with E-state index in [1.54, 1.807) is 19.0 Å². The number of nitrogens with one attached hydrogen (secondary N) is 1. The lowest BCUT2D eigenvalue weighted by Gasteiger charge is -2.29. The second-order valence-electron chi connectivity index (χ2n) is 5.68. The summed E-state index contributed by atoms with van der Waals surface area (Å²) in [5.74, 6) is 0.208. The fourth-order valence-corrected chi connectivity index (χ4v) is 2.34. The third-order valence-electron chi connectivity index (χ3n) is 3.51. The Balaban J connectivity index is 3.11. The van der Waals surface area contributed by atoms with Gasteiger partial charge in [0.15, 0.2) is 0 Å². The molecule has 0 spiro atoms. The number of carbonyl (C=O) groups excluding carboxylic acids is 2. The van der Waals surface area contributed by atoms with Gasteiger partial charge in [0.1, 0.15) is 11.5 Å². The van der Waals surface area contributed by atoms with Crippen LogP contribution in [0.3, 0.4) is 0 Å². The van der Waals surface area contributed by atoms with Gasteiger partial charge in [-0.15, -0.1) is 0 Å². The molecule has 1 atom stereocenters. The molecule has 0 saturated carbocycles. The number of hydrogen-bond donors (Lipinski definition) is 2. The van der Waals surface area contributed by atoms with Crippen molar-refractivity contribution in [3.63, 3.8) is 0 Å². The minimum absolute atomic E-state index is 0.0204. The standard InChI is InChI=1S/C15H28N4O4/c1-6-19-12(14(22)17(4)8-7-9-20)13(18(5)10-21)16-15(19)23-11(2)3/h10-11,15-16,20H,6-9H2,1-5H3. The predicted molar refractivity (Wildman–Crippen MR) is 85.7 cm³/mol. The van der Waals surface area contributed by atoms with Crippen molar-refractivity contribution in [1.29, 1.82) is 0 Å². The molecule has 0 saturated heterocycles.